The van der Waals surface area contributed by atoms with Crippen LogP contribution in [0.1, 0.15) is 39.2 Å². The molecule has 1 N–H and O–H groups in total. The van der Waals surface area contributed by atoms with Gasteiger partial charge in [-0.2, -0.15) is 0 Å². The lowest BCUT2D eigenvalue weighted by Crippen LogP contribution is -2.52. The van der Waals surface area contributed by atoms with Gasteiger partial charge >= 0.3 is 0 Å². The first-order valence-corrected chi connectivity index (χ1v) is 10.5. The molecule has 0 saturated heterocycles. The number of ether oxygens (including phenoxy) is 1. The van der Waals surface area contributed by atoms with Crippen molar-refractivity contribution < 1.29 is 18.7 Å². The van der Waals surface area contributed by atoms with Crippen LogP contribution in [0.5, 0.6) is 5.75 Å². The van der Waals surface area contributed by atoms with Gasteiger partial charge in [-0.25, -0.2) is 4.39 Å². The molecule has 6 heteroatoms. The molecule has 0 aliphatic heterocycles. The minimum absolute atomic E-state index is 0.0194. The standard InChI is InChI=1S/C24H31FN2O3/c1-4-18(3)26-24(29)21(5-2)27(16-15-19-11-7-6-8-12-19)23(28)17-30-22-14-10-9-13-20(22)25/h6-14,18,21H,4-5,15-17H2,1-3H3,(H,26,29)/t18-,21+/m0/s1. The quantitative estimate of drug-likeness (QED) is 0.605. The molecule has 0 fully saturated rings. The van der Waals surface area contributed by atoms with E-state index in [0.29, 0.717) is 19.4 Å². The third-order valence-electron chi connectivity index (χ3n) is 5.06. The van der Waals surface area contributed by atoms with E-state index in [0.717, 1.165) is 12.0 Å². The largest absolute Gasteiger partial charge is 0.481 e. The molecule has 0 radical (unpaired) electrons. The van der Waals surface area contributed by atoms with Crippen molar-refractivity contribution in [1.29, 1.82) is 0 Å². The van der Waals surface area contributed by atoms with E-state index in [1.165, 1.54) is 12.1 Å². The molecule has 0 aliphatic carbocycles. The molecule has 0 bridgehead atoms. The number of nitrogens with zero attached hydrogens (tertiary/aromatic N) is 1. The van der Waals surface area contributed by atoms with Gasteiger partial charge in [-0.05, 0) is 43.9 Å². The highest BCUT2D eigenvalue weighted by Crippen LogP contribution is 2.16. The summed E-state index contributed by atoms with van der Waals surface area (Å²) in [7, 11) is 0. The van der Waals surface area contributed by atoms with Crippen molar-refractivity contribution in [3.8, 4) is 5.75 Å². The fourth-order valence-corrected chi connectivity index (χ4v) is 3.12. The van der Waals surface area contributed by atoms with Crippen molar-refractivity contribution in [3.63, 3.8) is 0 Å². The Balaban J connectivity index is 2.14. The molecule has 0 unspecified atom stereocenters. The second-order valence-corrected chi connectivity index (χ2v) is 7.28. The van der Waals surface area contributed by atoms with E-state index < -0.39 is 11.9 Å². The van der Waals surface area contributed by atoms with Gasteiger partial charge in [0.1, 0.15) is 6.04 Å². The Labute approximate surface area is 178 Å². The molecule has 0 aliphatic rings. The van der Waals surface area contributed by atoms with Gasteiger partial charge in [-0.3, -0.25) is 9.59 Å². The van der Waals surface area contributed by atoms with Crippen LogP contribution in [0, 0.1) is 5.82 Å². The van der Waals surface area contributed by atoms with Crippen molar-refractivity contribution in [2.75, 3.05) is 13.2 Å². The molecule has 162 valence electrons. The fraction of sp³-hybridized carbons (Fsp3) is 0.417. The highest BCUT2D eigenvalue weighted by Gasteiger charge is 2.29. The first kappa shape index (κ1) is 23.4. The smallest absolute Gasteiger partial charge is 0.261 e. The summed E-state index contributed by atoms with van der Waals surface area (Å²) in [5.74, 6) is -1.03. The highest BCUT2D eigenvalue weighted by molar-refractivity contribution is 5.88. The van der Waals surface area contributed by atoms with E-state index in [4.69, 9.17) is 4.74 Å². The second kappa shape index (κ2) is 12.0. The zero-order valence-corrected chi connectivity index (χ0v) is 17.9. The molecule has 2 amide bonds. The van der Waals surface area contributed by atoms with Crippen molar-refractivity contribution in [2.24, 2.45) is 0 Å². The number of carbonyl (C=O) groups is 2. The third kappa shape index (κ3) is 6.87. The molecule has 0 spiro atoms. The summed E-state index contributed by atoms with van der Waals surface area (Å²) in [6.07, 6.45) is 1.89. The Kier molecular flexibility index (Phi) is 9.32. The van der Waals surface area contributed by atoms with Gasteiger partial charge < -0.3 is 15.0 Å². The molecule has 2 rings (SSSR count). The van der Waals surface area contributed by atoms with Crippen LogP contribution in [0.2, 0.25) is 0 Å². The number of nitrogens with one attached hydrogen (secondary N) is 1. The molecule has 30 heavy (non-hydrogen) atoms. The van der Waals surface area contributed by atoms with E-state index in [1.807, 2.05) is 51.1 Å². The van der Waals surface area contributed by atoms with Gasteiger partial charge in [-0.15, -0.1) is 0 Å². The first-order chi connectivity index (χ1) is 14.5. The Morgan fingerprint density at radius 3 is 2.33 bits per heavy atom. The maximum atomic E-state index is 13.8. The van der Waals surface area contributed by atoms with E-state index in [9.17, 15) is 14.0 Å². The summed E-state index contributed by atoms with van der Waals surface area (Å²) < 4.78 is 19.2. The van der Waals surface area contributed by atoms with Gasteiger partial charge in [0.25, 0.3) is 5.91 Å². The third-order valence-corrected chi connectivity index (χ3v) is 5.06. The number of para-hydroxylation sites is 1. The van der Waals surface area contributed by atoms with Crippen molar-refractivity contribution in [3.05, 3.63) is 66.0 Å². The van der Waals surface area contributed by atoms with Gasteiger partial charge in [0.2, 0.25) is 5.91 Å². The van der Waals surface area contributed by atoms with Crippen LogP contribution in [-0.2, 0) is 16.0 Å². The van der Waals surface area contributed by atoms with Crippen molar-refractivity contribution in [2.45, 2.75) is 52.1 Å². The number of hydrogen-bond acceptors (Lipinski definition) is 3. The highest BCUT2D eigenvalue weighted by atomic mass is 19.1. The summed E-state index contributed by atoms with van der Waals surface area (Å²) in [4.78, 5) is 27.4. The number of carbonyl (C=O) groups excluding carboxylic acids is 2. The minimum atomic E-state index is -0.612. The molecule has 0 aromatic heterocycles. The van der Waals surface area contributed by atoms with Crippen LogP contribution in [0.3, 0.4) is 0 Å². The van der Waals surface area contributed by atoms with Crippen LogP contribution in [0.25, 0.3) is 0 Å². The summed E-state index contributed by atoms with van der Waals surface area (Å²) in [6, 6.07) is 15.1. The maximum Gasteiger partial charge on any atom is 0.261 e. The van der Waals surface area contributed by atoms with Gasteiger partial charge in [0.05, 0.1) is 0 Å². The van der Waals surface area contributed by atoms with Crippen molar-refractivity contribution >= 4 is 11.8 Å². The Morgan fingerprint density at radius 2 is 1.70 bits per heavy atom. The number of benzene rings is 2. The lowest BCUT2D eigenvalue weighted by molar-refractivity contribution is -0.142. The van der Waals surface area contributed by atoms with Crippen LogP contribution in [0.15, 0.2) is 54.6 Å². The van der Waals surface area contributed by atoms with E-state index in [1.54, 1.807) is 17.0 Å². The average Bonchev–Trinajstić information content (AvgIpc) is 2.76. The predicted octanol–water partition coefficient (Wildman–Crippen LogP) is 3.97. The molecule has 5 nitrogen and oxygen atoms in total. The van der Waals surface area contributed by atoms with Crippen LogP contribution < -0.4 is 10.1 Å². The lowest BCUT2D eigenvalue weighted by atomic mass is 10.1. The summed E-state index contributed by atoms with van der Waals surface area (Å²) in [5, 5.41) is 2.96. The molecule has 0 heterocycles. The summed E-state index contributed by atoms with van der Waals surface area (Å²) in [5.41, 5.74) is 1.07. The Bertz CT molecular complexity index is 813. The summed E-state index contributed by atoms with van der Waals surface area (Å²) in [6.45, 7) is 5.84. The zero-order valence-electron chi connectivity index (χ0n) is 17.9. The number of rotatable bonds is 11. The molecule has 2 aromatic rings. The van der Waals surface area contributed by atoms with Crippen LogP contribution in [0.4, 0.5) is 4.39 Å². The molecule has 2 atom stereocenters. The van der Waals surface area contributed by atoms with Crippen LogP contribution in [-0.4, -0.2) is 41.9 Å². The maximum absolute atomic E-state index is 13.8. The van der Waals surface area contributed by atoms with Crippen molar-refractivity contribution in [1.82, 2.24) is 10.2 Å². The zero-order chi connectivity index (χ0) is 21.9. The number of hydrogen-bond donors (Lipinski definition) is 1. The molecule has 0 saturated carbocycles. The van der Waals surface area contributed by atoms with Gasteiger partial charge in [-0.1, -0.05) is 56.3 Å². The molecular weight excluding hydrogens is 383 g/mol. The Hall–Kier alpha value is -2.89. The number of amides is 2. The second-order valence-electron chi connectivity index (χ2n) is 7.28. The SMILES string of the molecule is CC[C@H](C(=O)N[C@@H](C)CC)N(CCc1ccccc1)C(=O)COc1ccccc1F. The number of halogens is 1. The van der Waals surface area contributed by atoms with Gasteiger partial charge in [0, 0.05) is 12.6 Å². The van der Waals surface area contributed by atoms with E-state index in [2.05, 4.69) is 5.32 Å². The Morgan fingerprint density at radius 1 is 1.03 bits per heavy atom. The fourth-order valence-electron chi connectivity index (χ4n) is 3.12. The molecule has 2 aromatic carbocycles. The van der Waals surface area contributed by atoms with Crippen LogP contribution >= 0.6 is 0 Å². The topological polar surface area (TPSA) is 58.6 Å². The van der Waals surface area contributed by atoms with Gasteiger partial charge in [0.15, 0.2) is 18.2 Å². The first-order valence-electron chi connectivity index (χ1n) is 10.5. The predicted molar refractivity (Wildman–Crippen MR) is 116 cm³/mol. The minimum Gasteiger partial charge on any atom is -0.481 e. The molecular formula is C24H31FN2O3. The summed E-state index contributed by atoms with van der Waals surface area (Å²) >= 11 is 0. The normalized spacial score (nSPS) is 12.7. The van der Waals surface area contributed by atoms with E-state index in [-0.39, 0.29) is 30.2 Å². The lowest BCUT2D eigenvalue weighted by Gasteiger charge is -2.31. The van der Waals surface area contributed by atoms with E-state index >= 15 is 0 Å². The monoisotopic (exact) mass is 414 g/mol. The average molecular weight is 415 g/mol.